The third-order valence-corrected chi connectivity index (χ3v) is 4.95. The Morgan fingerprint density at radius 1 is 1.05 bits per heavy atom. The first kappa shape index (κ1) is 13.6. The molecule has 4 nitrogen and oxygen atoms in total. The van der Waals surface area contributed by atoms with Crippen molar-refractivity contribution in [2.24, 2.45) is 0 Å². The van der Waals surface area contributed by atoms with Crippen molar-refractivity contribution in [2.75, 3.05) is 19.6 Å². The molecule has 0 aliphatic carbocycles. The molecule has 114 valence electrons. The number of fused-ring (bicyclic) bond motifs is 1. The zero-order valence-electron chi connectivity index (χ0n) is 12.6. The van der Waals surface area contributed by atoms with Gasteiger partial charge >= 0.3 is 6.03 Å². The number of urea groups is 1. The van der Waals surface area contributed by atoms with Gasteiger partial charge < -0.3 is 15.5 Å². The molecule has 2 heterocycles. The minimum atomic E-state index is -0.0209. The molecule has 4 heteroatoms. The summed E-state index contributed by atoms with van der Waals surface area (Å²) >= 11 is 0. The van der Waals surface area contributed by atoms with Crippen LogP contribution < -0.4 is 10.6 Å². The highest BCUT2D eigenvalue weighted by Gasteiger charge is 2.42. The van der Waals surface area contributed by atoms with Crippen molar-refractivity contribution in [3.63, 3.8) is 0 Å². The number of piperidine rings is 1. The molecular formula is C18H21N3O. The van der Waals surface area contributed by atoms with Crippen molar-refractivity contribution in [3.8, 4) is 0 Å². The van der Waals surface area contributed by atoms with Crippen molar-refractivity contribution < 1.29 is 4.79 Å². The van der Waals surface area contributed by atoms with Gasteiger partial charge in [-0.1, -0.05) is 42.5 Å². The maximum absolute atomic E-state index is 12.4. The van der Waals surface area contributed by atoms with E-state index in [0.29, 0.717) is 6.54 Å². The number of rotatable bonds is 2. The van der Waals surface area contributed by atoms with Crippen molar-refractivity contribution in [3.05, 3.63) is 48.0 Å². The van der Waals surface area contributed by atoms with Crippen molar-refractivity contribution in [1.29, 1.82) is 0 Å². The van der Waals surface area contributed by atoms with Gasteiger partial charge in [0.25, 0.3) is 0 Å². The third kappa shape index (κ3) is 2.33. The van der Waals surface area contributed by atoms with Crippen molar-refractivity contribution in [1.82, 2.24) is 15.5 Å². The number of nitrogens with one attached hydrogen (secondary N) is 2. The van der Waals surface area contributed by atoms with E-state index in [1.54, 1.807) is 0 Å². The molecule has 2 aromatic carbocycles. The summed E-state index contributed by atoms with van der Waals surface area (Å²) in [5.74, 6) is 0. The average Bonchev–Trinajstić information content (AvgIpc) is 2.83. The maximum atomic E-state index is 12.4. The Balaban J connectivity index is 1.59. The second kappa shape index (κ2) is 5.29. The van der Waals surface area contributed by atoms with Crippen LogP contribution in [0.2, 0.25) is 0 Å². The summed E-state index contributed by atoms with van der Waals surface area (Å²) < 4.78 is 0. The molecular weight excluding hydrogens is 274 g/mol. The molecule has 0 radical (unpaired) electrons. The topological polar surface area (TPSA) is 44.4 Å². The fraction of sp³-hybridized carbons (Fsp3) is 0.389. The monoisotopic (exact) mass is 295 g/mol. The Hall–Kier alpha value is -2.07. The highest BCUT2D eigenvalue weighted by Crippen LogP contribution is 2.28. The van der Waals surface area contributed by atoms with Crippen LogP contribution in [-0.2, 0) is 6.54 Å². The summed E-state index contributed by atoms with van der Waals surface area (Å²) in [6.07, 6.45) is 2.04. The van der Waals surface area contributed by atoms with Crippen LogP contribution in [-0.4, -0.2) is 36.1 Å². The smallest absolute Gasteiger partial charge is 0.318 e. The summed E-state index contributed by atoms with van der Waals surface area (Å²) in [4.78, 5) is 14.3. The number of benzene rings is 2. The first-order valence-corrected chi connectivity index (χ1v) is 8.00. The number of amides is 2. The van der Waals surface area contributed by atoms with Gasteiger partial charge in [0.05, 0.1) is 5.54 Å². The van der Waals surface area contributed by atoms with Gasteiger partial charge in [-0.2, -0.15) is 0 Å². The summed E-state index contributed by atoms with van der Waals surface area (Å²) in [6.45, 7) is 3.48. The van der Waals surface area contributed by atoms with Crippen LogP contribution in [0.15, 0.2) is 42.5 Å². The molecule has 4 rings (SSSR count). The van der Waals surface area contributed by atoms with E-state index in [1.807, 2.05) is 4.90 Å². The van der Waals surface area contributed by atoms with Gasteiger partial charge in [-0.25, -0.2) is 4.79 Å². The van der Waals surface area contributed by atoms with Crippen LogP contribution in [0.25, 0.3) is 10.8 Å². The molecule has 0 atom stereocenters. The van der Waals surface area contributed by atoms with Gasteiger partial charge in [-0.3, -0.25) is 0 Å². The number of carbonyl (C=O) groups excluding carboxylic acids is 1. The zero-order valence-corrected chi connectivity index (χ0v) is 12.6. The number of hydrogen-bond donors (Lipinski definition) is 2. The molecule has 22 heavy (non-hydrogen) atoms. The van der Waals surface area contributed by atoms with E-state index < -0.39 is 0 Å². The molecule has 2 aliphatic heterocycles. The normalized spacial score (nSPS) is 20.5. The van der Waals surface area contributed by atoms with E-state index in [1.165, 1.54) is 16.3 Å². The fourth-order valence-electron chi connectivity index (χ4n) is 3.73. The number of hydrogen-bond acceptors (Lipinski definition) is 2. The van der Waals surface area contributed by atoms with E-state index in [4.69, 9.17) is 0 Å². The lowest BCUT2D eigenvalue weighted by Crippen LogP contribution is -2.51. The summed E-state index contributed by atoms with van der Waals surface area (Å²) in [7, 11) is 0. The zero-order chi connectivity index (χ0) is 15.0. The molecule has 0 aromatic heterocycles. The maximum Gasteiger partial charge on any atom is 0.318 e. The average molecular weight is 295 g/mol. The second-order valence-electron chi connectivity index (χ2n) is 6.45. The van der Waals surface area contributed by atoms with Crippen LogP contribution >= 0.6 is 0 Å². The Bertz CT molecular complexity index is 701. The van der Waals surface area contributed by atoms with Gasteiger partial charge in [-0.05, 0) is 42.3 Å². The predicted octanol–water partition coefficient (Wildman–Crippen LogP) is 2.49. The molecule has 2 amide bonds. The van der Waals surface area contributed by atoms with E-state index in [-0.39, 0.29) is 11.6 Å². The Labute approximate surface area is 130 Å². The SMILES string of the molecule is O=C1NC2(CCNCC2)CN1Cc1cccc2ccccc12. The highest BCUT2D eigenvalue weighted by atomic mass is 16.2. The van der Waals surface area contributed by atoms with Crippen LogP contribution in [0.4, 0.5) is 4.79 Å². The largest absolute Gasteiger partial charge is 0.331 e. The van der Waals surface area contributed by atoms with Crippen LogP contribution in [0.1, 0.15) is 18.4 Å². The molecule has 2 saturated heterocycles. The first-order chi connectivity index (χ1) is 10.8. The fourth-order valence-corrected chi connectivity index (χ4v) is 3.73. The lowest BCUT2D eigenvalue weighted by Gasteiger charge is -2.33. The quantitative estimate of drug-likeness (QED) is 0.894. The number of nitrogens with zero attached hydrogens (tertiary/aromatic N) is 1. The van der Waals surface area contributed by atoms with Gasteiger partial charge in [-0.15, -0.1) is 0 Å². The predicted molar refractivity (Wildman–Crippen MR) is 87.7 cm³/mol. The second-order valence-corrected chi connectivity index (χ2v) is 6.45. The molecule has 2 N–H and O–H groups in total. The van der Waals surface area contributed by atoms with E-state index in [0.717, 1.165) is 32.5 Å². The van der Waals surface area contributed by atoms with Crippen LogP contribution in [0, 0.1) is 0 Å². The van der Waals surface area contributed by atoms with Gasteiger partial charge in [0.1, 0.15) is 0 Å². The standard InChI is InChI=1S/C18H21N3O/c22-17-20-18(8-10-19-11-9-18)13-21(17)12-15-6-3-5-14-4-1-2-7-16(14)15/h1-7,19H,8-13H2,(H,20,22). The molecule has 1 spiro atoms. The third-order valence-electron chi connectivity index (χ3n) is 4.95. The molecule has 0 unspecified atom stereocenters. The Morgan fingerprint density at radius 2 is 1.82 bits per heavy atom. The van der Waals surface area contributed by atoms with Crippen LogP contribution in [0.5, 0.6) is 0 Å². The minimum Gasteiger partial charge on any atom is -0.331 e. The Morgan fingerprint density at radius 3 is 2.68 bits per heavy atom. The molecule has 0 bridgehead atoms. The van der Waals surface area contributed by atoms with Crippen molar-refractivity contribution >= 4 is 16.8 Å². The first-order valence-electron chi connectivity index (χ1n) is 8.00. The summed E-state index contributed by atoms with van der Waals surface area (Å²) in [5, 5.41) is 9.08. The summed E-state index contributed by atoms with van der Waals surface area (Å²) in [5.41, 5.74) is 1.20. The van der Waals surface area contributed by atoms with E-state index >= 15 is 0 Å². The molecule has 0 saturated carbocycles. The highest BCUT2D eigenvalue weighted by molar-refractivity contribution is 5.86. The van der Waals surface area contributed by atoms with E-state index in [9.17, 15) is 4.79 Å². The van der Waals surface area contributed by atoms with E-state index in [2.05, 4.69) is 53.1 Å². The van der Waals surface area contributed by atoms with Gasteiger partial charge in [0.2, 0.25) is 0 Å². The molecule has 2 aromatic rings. The molecule has 2 aliphatic rings. The van der Waals surface area contributed by atoms with Crippen molar-refractivity contribution in [2.45, 2.75) is 24.9 Å². The van der Waals surface area contributed by atoms with Gasteiger partial charge in [0, 0.05) is 13.1 Å². The minimum absolute atomic E-state index is 0.0209. The summed E-state index contributed by atoms with van der Waals surface area (Å²) in [6, 6.07) is 14.8. The lowest BCUT2D eigenvalue weighted by atomic mass is 9.89. The Kier molecular flexibility index (Phi) is 3.26. The molecule has 2 fully saturated rings. The van der Waals surface area contributed by atoms with Crippen LogP contribution in [0.3, 0.4) is 0 Å². The van der Waals surface area contributed by atoms with Gasteiger partial charge in [0.15, 0.2) is 0 Å². The number of carbonyl (C=O) groups is 1. The lowest BCUT2D eigenvalue weighted by molar-refractivity contribution is 0.215.